The lowest BCUT2D eigenvalue weighted by molar-refractivity contribution is 0.542. The molecule has 0 spiro atoms. The molecule has 1 heterocycles. The van der Waals surface area contributed by atoms with Gasteiger partial charge in [-0.05, 0) is 32.4 Å². The van der Waals surface area contributed by atoms with Crippen LogP contribution in [-0.4, -0.2) is 9.97 Å². The summed E-state index contributed by atoms with van der Waals surface area (Å²) in [5.74, 6) is 0.726. The average Bonchev–Trinajstić information content (AvgIpc) is 2.34. The van der Waals surface area contributed by atoms with Gasteiger partial charge < -0.3 is 4.98 Å². The lowest BCUT2D eigenvalue weighted by Crippen LogP contribution is -2.24. The number of aromatic nitrogens is 2. The van der Waals surface area contributed by atoms with Crippen molar-refractivity contribution in [1.82, 2.24) is 9.97 Å². The summed E-state index contributed by atoms with van der Waals surface area (Å²) in [4.78, 5) is 19.8. The third kappa shape index (κ3) is 2.67. The Morgan fingerprint density at radius 1 is 1.10 bits per heavy atom. The van der Waals surface area contributed by atoms with Gasteiger partial charge in [0.1, 0.15) is 5.82 Å². The van der Waals surface area contributed by atoms with Gasteiger partial charge in [0.05, 0.1) is 5.69 Å². The van der Waals surface area contributed by atoms with Crippen LogP contribution in [0.3, 0.4) is 0 Å². The Hall–Kier alpha value is -1.90. The van der Waals surface area contributed by atoms with Gasteiger partial charge in [-0.25, -0.2) is 4.98 Å². The van der Waals surface area contributed by atoms with E-state index in [0.29, 0.717) is 5.56 Å². The van der Waals surface area contributed by atoms with Crippen LogP contribution in [0.1, 0.15) is 43.3 Å². The molecular formula is C17H22N2O. The summed E-state index contributed by atoms with van der Waals surface area (Å²) in [6.45, 7) is 12.1. The molecular weight excluding hydrogens is 248 g/mol. The van der Waals surface area contributed by atoms with Gasteiger partial charge in [0.15, 0.2) is 0 Å². The van der Waals surface area contributed by atoms with Gasteiger partial charge in [0.25, 0.3) is 5.56 Å². The van der Waals surface area contributed by atoms with E-state index in [1.165, 1.54) is 5.56 Å². The quantitative estimate of drug-likeness (QED) is 0.859. The maximum absolute atomic E-state index is 12.2. The Balaban J connectivity index is 2.77. The second-order valence-corrected chi connectivity index (χ2v) is 6.46. The lowest BCUT2D eigenvalue weighted by Gasteiger charge is -2.19. The molecule has 0 aliphatic rings. The predicted molar refractivity (Wildman–Crippen MR) is 83.2 cm³/mol. The van der Waals surface area contributed by atoms with E-state index in [-0.39, 0.29) is 11.0 Å². The minimum Gasteiger partial charge on any atom is -0.310 e. The number of hydrogen-bond acceptors (Lipinski definition) is 2. The summed E-state index contributed by atoms with van der Waals surface area (Å²) in [5.41, 5.74) is 4.58. The standard InChI is InChI=1S/C17H22N2O/c1-10-7-8-11(2)13(9-10)14-12(3)15(20)19-16(18-14)17(4,5)6/h7-9H,1-6H3,(H,18,19,20). The molecule has 0 radical (unpaired) electrons. The first-order chi connectivity index (χ1) is 9.20. The number of nitrogens with zero attached hydrogens (tertiary/aromatic N) is 1. The molecule has 2 aromatic rings. The van der Waals surface area contributed by atoms with Gasteiger partial charge in [0, 0.05) is 16.5 Å². The van der Waals surface area contributed by atoms with Gasteiger partial charge in [-0.2, -0.15) is 0 Å². The maximum atomic E-state index is 12.2. The van der Waals surface area contributed by atoms with Crippen molar-refractivity contribution in [2.24, 2.45) is 0 Å². The Morgan fingerprint density at radius 3 is 2.35 bits per heavy atom. The van der Waals surface area contributed by atoms with Crippen LogP contribution in [0.2, 0.25) is 0 Å². The van der Waals surface area contributed by atoms with Crippen molar-refractivity contribution < 1.29 is 0 Å². The smallest absolute Gasteiger partial charge is 0.254 e. The van der Waals surface area contributed by atoms with E-state index in [2.05, 4.69) is 30.1 Å². The van der Waals surface area contributed by atoms with Crippen LogP contribution < -0.4 is 5.56 Å². The second-order valence-electron chi connectivity index (χ2n) is 6.46. The van der Waals surface area contributed by atoms with E-state index in [4.69, 9.17) is 4.98 Å². The summed E-state index contributed by atoms with van der Waals surface area (Å²) < 4.78 is 0. The van der Waals surface area contributed by atoms with Crippen molar-refractivity contribution >= 4 is 0 Å². The molecule has 0 bridgehead atoms. The van der Waals surface area contributed by atoms with Crippen LogP contribution >= 0.6 is 0 Å². The van der Waals surface area contributed by atoms with Gasteiger partial charge >= 0.3 is 0 Å². The van der Waals surface area contributed by atoms with E-state index in [1.54, 1.807) is 0 Å². The van der Waals surface area contributed by atoms with E-state index in [9.17, 15) is 4.79 Å². The van der Waals surface area contributed by atoms with Gasteiger partial charge in [-0.1, -0.05) is 38.5 Å². The largest absolute Gasteiger partial charge is 0.310 e. The van der Waals surface area contributed by atoms with Crippen molar-refractivity contribution in [1.29, 1.82) is 0 Å². The van der Waals surface area contributed by atoms with Crippen LogP contribution in [0.15, 0.2) is 23.0 Å². The monoisotopic (exact) mass is 270 g/mol. The Kier molecular flexibility index (Phi) is 3.55. The fourth-order valence-electron chi connectivity index (χ4n) is 2.14. The van der Waals surface area contributed by atoms with Crippen LogP contribution in [0.25, 0.3) is 11.3 Å². The van der Waals surface area contributed by atoms with Crippen LogP contribution in [0, 0.1) is 20.8 Å². The third-order valence-corrected chi connectivity index (χ3v) is 3.51. The van der Waals surface area contributed by atoms with E-state index < -0.39 is 0 Å². The minimum atomic E-state index is -0.181. The van der Waals surface area contributed by atoms with Gasteiger partial charge in [0.2, 0.25) is 0 Å². The van der Waals surface area contributed by atoms with Crippen LogP contribution in [-0.2, 0) is 5.41 Å². The van der Waals surface area contributed by atoms with Gasteiger partial charge in [-0.15, -0.1) is 0 Å². The summed E-state index contributed by atoms with van der Waals surface area (Å²) in [7, 11) is 0. The molecule has 0 fully saturated rings. The van der Waals surface area contributed by atoms with Crippen molar-refractivity contribution in [3.05, 3.63) is 51.1 Å². The molecule has 106 valence electrons. The Bertz CT molecular complexity index is 706. The number of aromatic amines is 1. The molecule has 0 saturated heterocycles. The highest BCUT2D eigenvalue weighted by atomic mass is 16.1. The molecule has 0 saturated carbocycles. The number of hydrogen-bond donors (Lipinski definition) is 1. The second kappa shape index (κ2) is 4.89. The summed E-state index contributed by atoms with van der Waals surface area (Å²) in [5, 5.41) is 0. The summed E-state index contributed by atoms with van der Waals surface area (Å²) in [6.07, 6.45) is 0. The first-order valence-corrected chi connectivity index (χ1v) is 6.89. The molecule has 0 aliphatic heterocycles. The molecule has 1 aromatic heterocycles. The fraction of sp³-hybridized carbons (Fsp3) is 0.412. The molecule has 2 rings (SSSR count). The third-order valence-electron chi connectivity index (χ3n) is 3.51. The molecule has 1 N–H and O–H groups in total. The van der Waals surface area contributed by atoms with Crippen molar-refractivity contribution in [3.63, 3.8) is 0 Å². The topological polar surface area (TPSA) is 45.8 Å². The molecule has 3 heteroatoms. The summed E-state index contributed by atoms with van der Waals surface area (Å²) >= 11 is 0. The minimum absolute atomic E-state index is 0.0548. The Labute approximate surface area is 120 Å². The summed E-state index contributed by atoms with van der Waals surface area (Å²) in [6, 6.07) is 6.24. The van der Waals surface area contributed by atoms with Crippen LogP contribution in [0.4, 0.5) is 0 Å². The molecule has 0 unspecified atom stereocenters. The highest BCUT2D eigenvalue weighted by Gasteiger charge is 2.20. The molecule has 0 amide bonds. The van der Waals surface area contributed by atoms with Gasteiger partial charge in [-0.3, -0.25) is 4.79 Å². The highest BCUT2D eigenvalue weighted by Crippen LogP contribution is 2.26. The maximum Gasteiger partial charge on any atom is 0.254 e. The zero-order chi connectivity index (χ0) is 15.1. The van der Waals surface area contributed by atoms with E-state index in [1.807, 2.05) is 34.6 Å². The SMILES string of the molecule is Cc1ccc(C)c(-c2nc(C(C)(C)C)[nH]c(=O)c2C)c1. The molecule has 1 aromatic carbocycles. The lowest BCUT2D eigenvalue weighted by atomic mass is 9.94. The van der Waals surface area contributed by atoms with E-state index in [0.717, 1.165) is 22.6 Å². The molecule has 0 aliphatic carbocycles. The Morgan fingerprint density at radius 2 is 1.75 bits per heavy atom. The number of nitrogens with one attached hydrogen (secondary N) is 1. The van der Waals surface area contributed by atoms with Crippen molar-refractivity contribution in [2.45, 2.75) is 47.0 Å². The van der Waals surface area contributed by atoms with Crippen molar-refractivity contribution in [3.8, 4) is 11.3 Å². The zero-order valence-electron chi connectivity index (χ0n) is 13.1. The predicted octanol–water partition coefficient (Wildman–Crippen LogP) is 3.66. The molecule has 0 atom stereocenters. The number of H-pyrrole nitrogens is 1. The number of aryl methyl sites for hydroxylation is 2. The average molecular weight is 270 g/mol. The molecule has 20 heavy (non-hydrogen) atoms. The normalized spacial score (nSPS) is 11.7. The zero-order valence-corrected chi connectivity index (χ0v) is 13.1. The number of benzene rings is 1. The highest BCUT2D eigenvalue weighted by molar-refractivity contribution is 5.67. The van der Waals surface area contributed by atoms with Crippen LogP contribution in [0.5, 0.6) is 0 Å². The first-order valence-electron chi connectivity index (χ1n) is 6.89. The van der Waals surface area contributed by atoms with Crippen molar-refractivity contribution in [2.75, 3.05) is 0 Å². The first kappa shape index (κ1) is 14.5. The van der Waals surface area contributed by atoms with E-state index >= 15 is 0 Å². The number of rotatable bonds is 1. The molecule has 3 nitrogen and oxygen atoms in total. The fourth-order valence-corrected chi connectivity index (χ4v) is 2.14.